The number of rotatable bonds is 9. The van der Waals surface area contributed by atoms with Gasteiger partial charge in [-0.2, -0.15) is 11.8 Å². The fourth-order valence-corrected chi connectivity index (χ4v) is 2.67. The molecule has 0 atom stereocenters. The average molecular weight is 295 g/mol. The van der Waals surface area contributed by atoms with Crippen LogP contribution in [0.15, 0.2) is 24.3 Å². The lowest BCUT2D eigenvalue weighted by molar-refractivity contribution is -0.118. The molecule has 2 N–H and O–H groups in total. The van der Waals surface area contributed by atoms with Crippen LogP contribution in [-0.2, 0) is 11.2 Å². The van der Waals surface area contributed by atoms with Crippen molar-refractivity contribution in [2.45, 2.75) is 26.2 Å². The molecule has 0 saturated carbocycles. The van der Waals surface area contributed by atoms with Crippen LogP contribution in [-0.4, -0.2) is 35.0 Å². The van der Waals surface area contributed by atoms with Crippen LogP contribution in [0.25, 0.3) is 0 Å². The second kappa shape index (κ2) is 9.42. The van der Waals surface area contributed by atoms with Crippen molar-refractivity contribution in [3.8, 4) is 0 Å². The molecular weight excluding hydrogens is 274 g/mol. The standard InChI is InChI=1S/C15H21NO3S/c1-2-3-10-20-11-14(17)16-9-8-12-6-4-5-7-13(12)15(18)19/h4-7H,2-3,8-11H2,1H3,(H,16,17)(H,18,19). The third-order valence-electron chi connectivity index (χ3n) is 2.84. The van der Waals surface area contributed by atoms with Gasteiger partial charge < -0.3 is 10.4 Å². The van der Waals surface area contributed by atoms with Crippen LogP contribution in [0.1, 0.15) is 35.7 Å². The number of nitrogens with one attached hydrogen (secondary N) is 1. The van der Waals surface area contributed by atoms with Gasteiger partial charge in [0.1, 0.15) is 0 Å². The van der Waals surface area contributed by atoms with E-state index >= 15 is 0 Å². The van der Waals surface area contributed by atoms with Crippen LogP contribution < -0.4 is 5.32 Å². The first-order valence-corrected chi connectivity index (χ1v) is 7.96. The normalized spacial score (nSPS) is 10.2. The fraction of sp³-hybridized carbons (Fsp3) is 0.467. The third-order valence-corrected chi connectivity index (χ3v) is 3.88. The number of hydrogen-bond donors (Lipinski definition) is 2. The number of carboxylic acids is 1. The Kier molecular flexibility index (Phi) is 7.80. The third kappa shape index (κ3) is 6.10. The maximum atomic E-state index is 11.6. The molecule has 20 heavy (non-hydrogen) atoms. The summed E-state index contributed by atoms with van der Waals surface area (Å²) in [5.41, 5.74) is 1.05. The molecule has 0 aromatic heterocycles. The first kappa shape index (κ1) is 16.6. The van der Waals surface area contributed by atoms with Gasteiger partial charge in [0.15, 0.2) is 0 Å². The van der Waals surface area contributed by atoms with Crippen molar-refractivity contribution in [3.63, 3.8) is 0 Å². The second-order valence-corrected chi connectivity index (χ2v) is 5.57. The number of unbranched alkanes of at least 4 members (excludes halogenated alkanes) is 1. The van der Waals surface area contributed by atoms with Crippen LogP contribution in [0.4, 0.5) is 0 Å². The van der Waals surface area contributed by atoms with E-state index in [9.17, 15) is 9.59 Å². The first-order valence-electron chi connectivity index (χ1n) is 6.80. The van der Waals surface area contributed by atoms with Gasteiger partial charge in [0.2, 0.25) is 5.91 Å². The lowest BCUT2D eigenvalue weighted by atomic mass is 10.0. The zero-order valence-corrected chi connectivity index (χ0v) is 12.5. The summed E-state index contributed by atoms with van der Waals surface area (Å²) in [7, 11) is 0. The minimum absolute atomic E-state index is 0.0129. The Labute approximate surface area is 124 Å². The maximum absolute atomic E-state index is 11.6. The Morgan fingerprint density at radius 1 is 1.30 bits per heavy atom. The molecule has 0 saturated heterocycles. The summed E-state index contributed by atoms with van der Waals surface area (Å²) < 4.78 is 0. The topological polar surface area (TPSA) is 66.4 Å². The Balaban J connectivity index is 2.30. The van der Waals surface area contributed by atoms with Crippen molar-refractivity contribution in [1.82, 2.24) is 5.32 Å². The van der Waals surface area contributed by atoms with Crippen LogP contribution in [0.5, 0.6) is 0 Å². The number of carbonyl (C=O) groups excluding carboxylic acids is 1. The number of hydrogen-bond acceptors (Lipinski definition) is 3. The zero-order chi connectivity index (χ0) is 14.8. The lowest BCUT2D eigenvalue weighted by Gasteiger charge is -2.07. The zero-order valence-electron chi connectivity index (χ0n) is 11.7. The van der Waals surface area contributed by atoms with Crippen molar-refractivity contribution in [1.29, 1.82) is 0 Å². The van der Waals surface area contributed by atoms with Crippen molar-refractivity contribution < 1.29 is 14.7 Å². The Morgan fingerprint density at radius 2 is 2.05 bits per heavy atom. The van der Waals surface area contributed by atoms with E-state index < -0.39 is 5.97 Å². The quantitative estimate of drug-likeness (QED) is 0.687. The van der Waals surface area contributed by atoms with Gasteiger partial charge >= 0.3 is 5.97 Å². The van der Waals surface area contributed by atoms with Crippen molar-refractivity contribution in [2.24, 2.45) is 0 Å². The summed E-state index contributed by atoms with van der Waals surface area (Å²) in [6.45, 7) is 2.60. The Morgan fingerprint density at radius 3 is 2.75 bits per heavy atom. The summed E-state index contributed by atoms with van der Waals surface area (Å²) in [4.78, 5) is 22.6. The Hall–Kier alpha value is -1.49. The average Bonchev–Trinajstić information content (AvgIpc) is 2.44. The van der Waals surface area contributed by atoms with Crippen molar-refractivity contribution in [3.05, 3.63) is 35.4 Å². The smallest absolute Gasteiger partial charge is 0.335 e. The molecule has 0 fully saturated rings. The highest BCUT2D eigenvalue weighted by Gasteiger charge is 2.09. The monoisotopic (exact) mass is 295 g/mol. The van der Waals surface area contributed by atoms with Crippen LogP contribution in [0.2, 0.25) is 0 Å². The number of benzene rings is 1. The summed E-state index contributed by atoms with van der Waals surface area (Å²) >= 11 is 1.63. The maximum Gasteiger partial charge on any atom is 0.335 e. The minimum atomic E-state index is -0.929. The SMILES string of the molecule is CCCCSCC(=O)NCCc1ccccc1C(=O)O. The van der Waals surface area contributed by atoms with Crippen LogP contribution >= 0.6 is 11.8 Å². The van der Waals surface area contributed by atoms with E-state index in [-0.39, 0.29) is 5.91 Å². The van der Waals surface area contributed by atoms with E-state index in [0.29, 0.717) is 24.3 Å². The van der Waals surface area contributed by atoms with Crippen LogP contribution in [0.3, 0.4) is 0 Å². The molecule has 1 aromatic carbocycles. The summed E-state index contributed by atoms with van der Waals surface area (Å²) in [6, 6.07) is 6.88. The van der Waals surface area contributed by atoms with E-state index in [4.69, 9.17) is 5.11 Å². The number of carbonyl (C=O) groups is 2. The molecule has 0 aliphatic rings. The van der Waals surface area contributed by atoms with Gasteiger partial charge in [-0.15, -0.1) is 0 Å². The van der Waals surface area contributed by atoms with Crippen molar-refractivity contribution >= 4 is 23.6 Å². The molecule has 4 nitrogen and oxygen atoms in total. The molecule has 1 rings (SSSR count). The molecule has 0 aliphatic heterocycles. The Bertz CT molecular complexity index is 448. The van der Waals surface area contributed by atoms with Gasteiger partial charge in [0.05, 0.1) is 11.3 Å². The van der Waals surface area contributed by atoms with E-state index in [1.165, 1.54) is 0 Å². The predicted molar refractivity (Wildman–Crippen MR) is 82.3 cm³/mol. The van der Waals surface area contributed by atoms with Crippen molar-refractivity contribution in [2.75, 3.05) is 18.1 Å². The number of amides is 1. The van der Waals surface area contributed by atoms with E-state index in [0.717, 1.165) is 24.2 Å². The molecule has 0 bridgehead atoms. The van der Waals surface area contributed by atoms with E-state index in [2.05, 4.69) is 12.2 Å². The molecule has 0 radical (unpaired) electrons. The molecule has 5 heteroatoms. The highest BCUT2D eigenvalue weighted by Crippen LogP contribution is 2.09. The summed E-state index contributed by atoms with van der Waals surface area (Å²) in [6.07, 6.45) is 2.80. The van der Waals surface area contributed by atoms with E-state index in [1.54, 1.807) is 30.0 Å². The molecule has 0 spiro atoms. The van der Waals surface area contributed by atoms with Gasteiger partial charge in [-0.3, -0.25) is 4.79 Å². The van der Waals surface area contributed by atoms with Gasteiger partial charge in [-0.1, -0.05) is 31.5 Å². The number of aromatic carboxylic acids is 1. The van der Waals surface area contributed by atoms with Gasteiger partial charge in [0.25, 0.3) is 0 Å². The fourth-order valence-electron chi connectivity index (χ4n) is 1.75. The second-order valence-electron chi connectivity index (χ2n) is 4.47. The minimum Gasteiger partial charge on any atom is -0.478 e. The molecule has 1 aromatic rings. The molecule has 0 heterocycles. The predicted octanol–water partition coefficient (Wildman–Crippen LogP) is 2.58. The summed E-state index contributed by atoms with van der Waals surface area (Å²) in [5.74, 6) is 0.563. The van der Waals surface area contributed by atoms with Gasteiger partial charge in [-0.25, -0.2) is 4.79 Å². The first-order chi connectivity index (χ1) is 9.65. The summed E-state index contributed by atoms with van der Waals surface area (Å²) in [5, 5.41) is 11.9. The molecule has 110 valence electrons. The molecule has 1 amide bonds. The van der Waals surface area contributed by atoms with Gasteiger partial charge in [0, 0.05) is 6.54 Å². The van der Waals surface area contributed by atoms with E-state index in [1.807, 2.05) is 6.07 Å². The molecule has 0 unspecified atom stereocenters. The largest absolute Gasteiger partial charge is 0.478 e. The highest BCUT2D eigenvalue weighted by atomic mass is 32.2. The lowest BCUT2D eigenvalue weighted by Crippen LogP contribution is -2.27. The van der Waals surface area contributed by atoms with Gasteiger partial charge in [-0.05, 0) is 30.2 Å². The molecule has 0 aliphatic carbocycles. The molecular formula is C15H21NO3S. The van der Waals surface area contributed by atoms with Crippen LogP contribution in [0, 0.1) is 0 Å². The highest BCUT2D eigenvalue weighted by molar-refractivity contribution is 7.99. The number of thioether (sulfide) groups is 1. The number of carboxylic acid groups (broad SMARTS) is 1.